The molecule has 0 aliphatic heterocycles. The van der Waals surface area contributed by atoms with Crippen molar-refractivity contribution in [3.8, 4) is 0 Å². The van der Waals surface area contributed by atoms with E-state index in [0.29, 0.717) is 6.54 Å². The molecule has 0 spiro atoms. The van der Waals surface area contributed by atoms with Gasteiger partial charge in [0.05, 0.1) is 17.0 Å². The fourth-order valence-electron chi connectivity index (χ4n) is 1.40. The van der Waals surface area contributed by atoms with E-state index in [-0.39, 0.29) is 16.4 Å². The first-order valence-electron chi connectivity index (χ1n) is 5.29. The highest BCUT2D eigenvalue weighted by Crippen LogP contribution is 2.23. The molecule has 0 atom stereocenters. The predicted molar refractivity (Wildman–Crippen MR) is 79.1 cm³/mol. The van der Waals surface area contributed by atoms with Crippen LogP contribution < -0.4 is 5.32 Å². The average molecular weight is 377 g/mol. The Hall–Kier alpha value is -1.51. The van der Waals surface area contributed by atoms with E-state index in [9.17, 15) is 14.9 Å². The standard InChI is InChI=1S/C11H7BrClN3O3S/c12-8-1-2-20-9(8)5-15-11(17)7-3-6(16(18)19)4-14-10(7)13/h1-4H,5H2,(H,15,17). The van der Waals surface area contributed by atoms with Crippen LogP contribution in [0.2, 0.25) is 5.15 Å². The number of rotatable bonds is 4. The number of hydrogen-bond acceptors (Lipinski definition) is 5. The number of nitro groups is 1. The quantitative estimate of drug-likeness (QED) is 0.503. The lowest BCUT2D eigenvalue weighted by atomic mass is 10.2. The third-order valence-corrected chi connectivity index (χ3v) is 4.61. The number of nitrogens with zero attached hydrogens (tertiary/aromatic N) is 2. The van der Waals surface area contributed by atoms with E-state index in [4.69, 9.17) is 11.6 Å². The molecule has 9 heteroatoms. The van der Waals surface area contributed by atoms with E-state index in [2.05, 4.69) is 26.2 Å². The molecule has 0 aromatic carbocycles. The summed E-state index contributed by atoms with van der Waals surface area (Å²) in [5.41, 5.74) is -0.301. The van der Waals surface area contributed by atoms with Gasteiger partial charge in [-0.25, -0.2) is 4.98 Å². The Morgan fingerprint density at radius 3 is 2.95 bits per heavy atom. The zero-order valence-corrected chi connectivity index (χ0v) is 13.0. The highest BCUT2D eigenvalue weighted by atomic mass is 79.9. The van der Waals surface area contributed by atoms with Gasteiger partial charge in [0.1, 0.15) is 11.3 Å². The molecule has 2 rings (SSSR count). The molecule has 0 fully saturated rings. The summed E-state index contributed by atoms with van der Waals surface area (Å²) in [6.45, 7) is 0.302. The maximum Gasteiger partial charge on any atom is 0.288 e. The topological polar surface area (TPSA) is 85.1 Å². The van der Waals surface area contributed by atoms with E-state index in [0.717, 1.165) is 21.6 Å². The van der Waals surface area contributed by atoms with Crippen LogP contribution >= 0.6 is 38.9 Å². The minimum absolute atomic E-state index is 0.0199. The van der Waals surface area contributed by atoms with Crippen molar-refractivity contribution in [3.63, 3.8) is 0 Å². The molecular weight excluding hydrogens is 370 g/mol. The summed E-state index contributed by atoms with van der Waals surface area (Å²) in [6, 6.07) is 2.97. The van der Waals surface area contributed by atoms with Gasteiger partial charge in [0.2, 0.25) is 0 Å². The van der Waals surface area contributed by atoms with Crippen LogP contribution in [0.25, 0.3) is 0 Å². The van der Waals surface area contributed by atoms with Gasteiger partial charge in [0, 0.05) is 15.4 Å². The van der Waals surface area contributed by atoms with E-state index in [1.54, 1.807) is 0 Å². The molecule has 1 amide bonds. The molecule has 1 N–H and O–H groups in total. The normalized spacial score (nSPS) is 10.3. The van der Waals surface area contributed by atoms with Gasteiger partial charge >= 0.3 is 0 Å². The first kappa shape index (κ1) is 14.9. The zero-order valence-electron chi connectivity index (χ0n) is 9.80. The number of nitrogens with one attached hydrogen (secondary N) is 1. The average Bonchev–Trinajstić information content (AvgIpc) is 2.81. The van der Waals surface area contributed by atoms with Crippen molar-refractivity contribution in [2.75, 3.05) is 0 Å². The van der Waals surface area contributed by atoms with Gasteiger partial charge < -0.3 is 5.32 Å². The molecule has 0 aliphatic carbocycles. The Bertz CT molecular complexity index is 677. The predicted octanol–water partition coefficient (Wildman–Crippen LogP) is 3.40. The number of amides is 1. The number of halogens is 2. The lowest BCUT2D eigenvalue weighted by molar-refractivity contribution is -0.385. The molecule has 2 aromatic rings. The summed E-state index contributed by atoms with van der Waals surface area (Å²) in [4.78, 5) is 26.6. The molecule has 2 heterocycles. The minimum atomic E-state index is -0.629. The molecular formula is C11H7BrClN3O3S. The fraction of sp³-hybridized carbons (Fsp3) is 0.0909. The first-order valence-corrected chi connectivity index (χ1v) is 7.34. The lowest BCUT2D eigenvalue weighted by Crippen LogP contribution is -2.23. The number of carbonyl (C=O) groups is 1. The Morgan fingerprint density at radius 1 is 1.60 bits per heavy atom. The number of aromatic nitrogens is 1. The van der Waals surface area contributed by atoms with Crippen molar-refractivity contribution in [1.29, 1.82) is 0 Å². The van der Waals surface area contributed by atoms with Crippen molar-refractivity contribution in [2.24, 2.45) is 0 Å². The Balaban J connectivity index is 2.15. The molecule has 0 saturated heterocycles. The van der Waals surface area contributed by atoms with Crippen LogP contribution in [0.4, 0.5) is 5.69 Å². The van der Waals surface area contributed by atoms with Crippen LogP contribution in [-0.2, 0) is 6.54 Å². The zero-order chi connectivity index (χ0) is 14.7. The van der Waals surface area contributed by atoms with Gasteiger partial charge in [-0.05, 0) is 27.4 Å². The van der Waals surface area contributed by atoms with Crippen LogP contribution in [0.5, 0.6) is 0 Å². The van der Waals surface area contributed by atoms with Crippen molar-refractivity contribution >= 4 is 50.5 Å². The van der Waals surface area contributed by atoms with E-state index in [1.165, 1.54) is 11.3 Å². The van der Waals surface area contributed by atoms with Crippen molar-refractivity contribution < 1.29 is 9.72 Å². The van der Waals surface area contributed by atoms with Gasteiger partial charge in [0.25, 0.3) is 11.6 Å². The van der Waals surface area contributed by atoms with Crippen molar-refractivity contribution in [3.05, 3.63) is 53.9 Å². The molecule has 104 valence electrons. The van der Waals surface area contributed by atoms with Gasteiger partial charge in [-0.15, -0.1) is 11.3 Å². The number of hydrogen-bond donors (Lipinski definition) is 1. The molecule has 20 heavy (non-hydrogen) atoms. The fourth-order valence-corrected chi connectivity index (χ4v) is 3.02. The number of thiophene rings is 1. The Labute approximate surface area is 131 Å². The van der Waals surface area contributed by atoms with Gasteiger partial charge in [-0.3, -0.25) is 14.9 Å². The summed E-state index contributed by atoms with van der Waals surface area (Å²) in [5, 5.41) is 15.1. The van der Waals surface area contributed by atoms with Crippen LogP contribution in [0, 0.1) is 10.1 Å². The monoisotopic (exact) mass is 375 g/mol. The summed E-state index contributed by atoms with van der Waals surface area (Å²) in [7, 11) is 0. The van der Waals surface area contributed by atoms with E-state index < -0.39 is 10.8 Å². The highest BCUT2D eigenvalue weighted by Gasteiger charge is 2.17. The van der Waals surface area contributed by atoms with Gasteiger partial charge in [0.15, 0.2) is 0 Å². The molecule has 0 saturated carbocycles. The third kappa shape index (κ3) is 3.33. The number of carbonyl (C=O) groups excluding carboxylic acids is 1. The van der Waals surface area contributed by atoms with Gasteiger partial charge in [-0.1, -0.05) is 11.6 Å². The van der Waals surface area contributed by atoms with Crippen molar-refractivity contribution in [1.82, 2.24) is 10.3 Å². The summed E-state index contributed by atoms with van der Waals surface area (Å²) in [5.74, 6) is -0.508. The summed E-state index contributed by atoms with van der Waals surface area (Å²) in [6.07, 6.45) is 1.01. The Morgan fingerprint density at radius 2 is 2.35 bits per heavy atom. The minimum Gasteiger partial charge on any atom is -0.347 e. The summed E-state index contributed by atoms with van der Waals surface area (Å²) >= 11 is 10.6. The third-order valence-electron chi connectivity index (χ3n) is 2.38. The van der Waals surface area contributed by atoms with Crippen LogP contribution in [-0.4, -0.2) is 15.8 Å². The number of pyridine rings is 1. The molecule has 6 nitrogen and oxygen atoms in total. The van der Waals surface area contributed by atoms with Crippen LogP contribution in [0.3, 0.4) is 0 Å². The SMILES string of the molecule is O=C(NCc1sccc1Br)c1cc([N+](=O)[O-])cnc1Cl. The first-order chi connectivity index (χ1) is 9.49. The molecule has 0 unspecified atom stereocenters. The highest BCUT2D eigenvalue weighted by molar-refractivity contribution is 9.10. The van der Waals surface area contributed by atoms with Crippen LogP contribution in [0.1, 0.15) is 15.2 Å². The Kier molecular flexibility index (Phi) is 4.69. The molecule has 0 bridgehead atoms. The smallest absolute Gasteiger partial charge is 0.288 e. The molecule has 2 aromatic heterocycles. The van der Waals surface area contributed by atoms with Gasteiger partial charge in [-0.2, -0.15) is 0 Å². The van der Waals surface area contributed by atoms with Crippen LogP contribution in [0.15, 0.2) is 28.2 Å². The maximum absolute atomic E-state index is 12.0. The largest absolute Gasteiger partial charge is 0.347 e. The lowest BCUT2D eigenvalue weighted by Gasteiger charge is -2.05. The second-order valence-electron chi connectivity index (χ2n) is 3.66. The van der Waals surface area contributed by atoms with Crippen molar-refractivity contribution in [2.45, 2.75) is 6.54 Å². The molecule has 0 radical (unpaired) electrons. The second-order valence-corrected chi connectivity index (χ2v) is 5.88. The van der Waals surface area contributed by atoms with E-state index in [1.807, 2.05) is 11.4 Å². The molecule has 0 aliphatic rings. The summed E-state index contributed by atoms with van der Waals surface area (Å²) < 4.78 is 0.895. The maximum atomic E-state index is 12.0. The second kappa shape index (κ2) is 6.29. The van der Waals surface area contributed by atoms with E-state index >= 15 is 0 Å².